The second kappa shape index (κ2) is 4.24. The van der Waals surface area contributed by atoms with Gasteiger partial charge in [0.2, 0.25) is 0 Å². The first kappa shape index (κ1) is 7.50. The van der Waals surface area contributed by atoms with Crippen molar-refractivity contribution in [3.8, 4) is 5.19 Å². The molecule has 1 heterocycles. The van der Waals surface area contributed by atoms with E-state index in [1.807, 2.05) is 5.38 Å². The van der Waals surface area contributed by atoms with Crippen LogP contribution in [0, 0.1) is 0 Å². The molecule has 0 amide bonds. The first-order valence-electron chi connectivity index (χ1n) is 2.94. The summed E-state index contributed by atoms with van der Waals surface area (Å²) in [5, 5.41) is 2.58. The lowest BCUT2D eigenvalue weighted by atomic mass is 10.8. The number of rotatable bonds is 4. The molecule has 1 aromatic rings. The van der Waals surface area contributed by atoms with E-state index in [9.17, 15) is 0 Å². The molecular formula is C6H9NO2S. The summed E-state index contributed by atoms with van der Waals surface area (Å²) in [5.41, 5.74) is 0. The molecule has 0 spiro atoms. The monoisotopic (exact) mass is 159 g/mol. The Bertz CT molecular complexity index is 164. The third-order valence-electron chi connectivity index (χ3n) is 0.923. The average molecular weight is 159 g/mol. The molecule has 1 rings (SSSR count). The van der Waals surface area contributed by atoms with E-state index in [1.165, 1.54) is 11.3 Å². The molecular weight excluding hydrogens is 150 g/mol. The Balaban J connectivity index is 2.15. The molecule has 4 heteroatoms. The van der Waals surface area contributed by atoms with Crippen LogP contribution in [0.4, 0.5) is 0 Å². The minimum absolute atomic E-state index is 0.573. The van der Waals surface area contributed by atoms with Crippen LogP contribution in [0.25, 0.3) is 0 Å². The number of hydrogen-bond donors (Lipinski definition) is 0. The summed E-state index contributed by atoms with van der Waals surface area (Å²) < 4.78 is 9.96. The zero-order valence-corrected chi connectivity index (χ0v) is 6.56. The summed E-state index contributed by atoms with van der Waals surface area (Å²) in [7, 11) is 1.64. The topological polar surface area (TPSA) is 31.4 Å². The van der Waals surface area contributed by atoms with Crippen molar-refractivity contribution < 1.29 is 9.47 Å². The van der Waals surface area contributed by atoms with Gasteiger partial charge < -0.3 is 9.47 Å². The molecule has 0 N–H and O–H groups in total. The Hall–Kier alpha value is -0.610. The van der Waals surface area contributed by atoms with Crippen molar-refractivity contribution in [1.82, 2.24) is 4.98 Å². The van der Waals surface area contributed by atoms with Gasteiger partial charge in [0, 0.05) is 18.7 Å². The van der Waals surface area contributed by atoms with Gasteiger partial charge in [-0.25, -0.2) is 4.98 Å². The van der Waals surface area contributed by atoms with E-state index in [2.05, 4.69) is 4.98 Å². The van der Waals surface area contributed by atoms with Gasteiger partial charge in [-0.05, 0) is 0 Å². The number of ether oxygens (including phenoxy) is 2. The quantitative estimate of drug-likeness (QED) is 0.618. The fraction of sp³-hybridized carbons (Fsp3) is 0.500. The van der Waals surface area contributed by atoms with E-state index in [0.29, 0.717) is 18.4 Å². The van der Waals surface area contributed by atoms with E-state index in [1.54, 1.807) is 13.3 Å². The van der Waals surface area contributed by atoms with Crippen molar-refractivity contribution in [2.45, 2.75) is 0 Å². The largest absolute Gasteiger partial charge is 0.468 e. The van der Waals surface area contributed by atoms with Crippen molar-refractivity contribution in [1.29, 1.82) is 0 Å². The Morgan fingerprint density at radius 3 is 3.10 bits per heavy atom. The highest BCUT2D eigenvalue weighted by Gasteiger charge is 1.92. The number of nitrogens with zero attached hydrogens (tertiary/aromatic N) is 1. The summed E-state index contributed by atoms with van der Waals surface area (Å²) in [4.78, 5) is 3.93. The van der Waals surface area contributed by atoms with E-state index < -0.39 is 0 Å². The van der Waals surface area contributed by atoms with Crippen LogP contribution >= 0.6 is 11.3 Å². The first-order chi connectivity index (χ1) is 4.93. The second-order valence-electron chi connectivity index (χ2n) is 1.64. The Labute approximate surface area is 63.6 Å². The normalized spacial score (nSPS) is 9.70. The standard InChI is InChI=1S/C6H9NO2S/c1-8-3-4-9-6-7-2-5-10-6/h2,5H,3-4H2,1H3. The lowest BCUT2D eigenvalue weighted by molar-refractivity contribution is 0.146. The molecule has 0 aliphatic heterocycles. The zero-order valence-electron chi connectivity index (χ0n) is 5.74. The van der Waals surface area contributed by atoms with Gasteiger partial charge in [0.25, 0.3) is 5.19 Å². The highest BCUT2D eigenvalue weighted by Crippen LogP contribution is 2.12. The Morgan fingerprint density at radius 2 is 2.50 bits per heavy atom. The zero-order chi connectivity index (χ0) is 7.23. The summed E-state index contributed by atoms with van der Waals surface area (Å²) in [5.74, 6) is 0. The molecule has 0 radical (unpaired) electrons. The van der Waals surface area contributed by atoms with Crippen molar-refractivity contribution in [2.75, 3.05) is 20.3 Å². The van der Waals surface area contributed by atoms with Crippen LogP contribution in [-0.4, -0.2) is 25.3 Å². The fourth-order valence-corrected chi connectivity index (χ4v) is 1.01. The van der Waals surface area contributed by atoms with E-state index in [-0.39, 0.29) is 0 Å². The maximum absolute atomic E-state index is 5.17. The number of thiazole rings is 1. The van der Waals surface area contributed by atoms with Crippen molar-refractivity contribution in [3.05, 3.63) is 11.6 Å². The first-order valence-corrected chi connectivity index (χ1v) is 3.82. The van der Waals surface area contributed by atoms with Crippen LogP contribution in [0.1, 0.15) is 0 Å². The molecule has 0 saturated heterocycles. The van der Waals surface area contributed by atoms with Crippen LogP contribution < -0.4 is 4.74 Å². The molecule has 0 unspecified atom stereocenters. The number of hydrogen-bond acceptors (Lipinski definition) is 4. The van der Waals surface area contributed by atoms with Crippen LogP contribution in [0.15, 0.2) is 11.6 Å². The van der Waals surface area contributed by atoms with Crippen molar-refractivity contribution >= 4 is 11.3 Å². The van der Waals surface area contributed by atoms with Crippen molar-refractivity contribution in [2.24, 2.45) is 0 Å². The van der Waals surface area contributed by atoms with E-state index in [4.69, 9.17) is 9.47 Å². The van der Waals surface area contributed by atoms with Gasteiger partial charge in [-0.2, -0.15) is 0 Å². The van der Waals surface area contributed by atoms with Crippen LogP contribution in [0.2, 0.25) is 0 Å². The lowest BCUT2D eigenvalue weighted by Crippen LogP contribution is -2.03. The van der Waals surface area contributed by atoms with Crippen LogP contribution in [-0.2, 0) is 4.74 Å². The van der Waals surface area contributed by atoms with Gasteiger partial charge in [0.05, 0.1) is 6.61 Å². The van der Waals surface area contributed by atoms with Crippen LogP contribution in [0.3, 0.4) is 0 Å². The number of methoxy groups -OCH3 is 1. The molecule has 0 aliphatic rings. The molecule has 0 aliphatic carbocycles. The summed E-state index contributed by atoms with van der Waals surface area (Å²) in [6.07, 6.45) is 1.72. The average Bonchev–Trinajstić information content (AvgIpc) is 2.41. The molecule has 0 aromatic carbocycles. The molecule has 56 valence electrons. The van der Waals surface area contributed by atoms with Gasteiger partial charge >= 0.3 is 0 Å². The molecule has 0 bridgehead atoms. The molecule has 10 heavy (non-hydrogen) atoms. The summed E-state index contributed by atoms with van der Waals surface area (Å²) in [6.45, 7) is 1.18. The predicted octanol–water partition coefficient (Wildman–Crippen LogP) is 1.17. The molecule has 1 aromatic heterocycles. The van der Waals surface area contributed by atoms with Crippen molar-refractivity contribution in [3.63, 3.8) is 0 Å². The van der Waals surface area contributed by atoms with E-state index >= 15 is 0 Å². The Morgan fingerprint density at radius 1 is 1.60 bits per heavy atom. The fourth-order valence-electron chi connectivity index (χ4n) is 0.494. The smallest absolute Gasteiger partial charge is 0.273 e. The molecule has 0 atom stereocenters. The minimum Gasteiger partial charge on any atom is -0.468 e. The highest BCUT2D eigenvalue weighted by molar-refractivity contribution is 7.11. The van der Waals surface area contributed by atoms with Gasteiger partial charge in [-0.3, -0.25) is 0 Å². The minimum atomic E-state index is 0.573. The predicted molar refractivity (Wildman–Crippen MR) is 39.5 cm³/mol. The SMILES string of the molecule is COCCOc1nccs1. The van der Waals surface area contributed by atoms with Gasteiger partial charge in [-0.15, -0.1) is 0 Å². The van der Waals surface area contributed by atoms with Gasteiger partial charge in [-0.1, -0.05) is 11.3 Å². The van der Waals surface area contributed by atoms with Gasteiger partial charge in [0.15, 0.2) is 0 Å². The third-order valence-corrected chi connectivity index (χ3v) is 1.61. The van der Waals surface area contributed by atoms with E-state index in [0.717, 1.165) is 0 Å². The summed E-state index contributed by atoms with van der Waals surface area (Å²) in [6, 6.07) is 0. The Kier molecular flexibility index (Phi) is 3.18. The molecule has 0 fully saturated rings. The van der Waals surface area contributed by atoms with Crippen LogP contribution in [0.5, 0.6) is 5.19 Å². The maximum Gasteiger partial charge on any atom is 0.273 e. The third kappa shape index (κ3) is 2.33. The summed E-state index contributed by atoms with van der Waals surface area (Å²) >= 11 is 1.48. The maximum atomic E-state index is 5.17. The highest BCUT2D eigenvalue weighted by atomic mass is 32.1. The number of aromatic nitrogens is 1. The molecule has 0 saturated carbocycles. The lowest BCUT2D eigenvalue weighted by Gasteiger charge is -1.98. The van der Waals surface area contributed by atoms with Gasteiger partial charge in [0.1, 0.15) is 6.61 Å². The second-order valence-corrected chi connectivity index (χ2v) is 2.50. The molecule has 3 nitrogen and oxygen atoms in total.